The molecule has 1 heterocycles. The second-order valence-corrected chi connectivity index (χ2v) is 4.93. The van der Waals surface area contributed by atoms with Gasteiger partial charge in [-0.15, -0.1) is 0 Å². The highest BCUT2D eigenvalue weighted by atomic mass is 15.2. The highest BCUT2D eigenvalue weighted by molar-refractivity contribution is 5.14. The van der Waals surface area contributed by atoms with E-state index in [1.54, 1.807) is 5.70 Å². The average Bonchev–Trinajstić information content (AvgIpc) is 2.77. The zero-order valence-corrected chi connectivity index (χ0v) is 8.34. The molecule has 13 heavy (non-hydrogen) atoms. The Morgan fingerprint density at radius 1 is 1.15 bits per heavy atom. The molecule has 0 aromatic carbocycles. The molecule has 2 atom stereocenters. The van der Waals surface area contributed by atoms with Crippen LogP contribution >= 0.6 is 0 Å². The Morgan fingerprint density at radius 3 is 2.85 bits per heavy atom. The average molecular weight is 177 g/mol. The van der Waals surface area contributed by atoms with E-state index in [0.717, 1.165) is 11.8 Å². The largest absolute Gasteiger partial charge is 0.375 e. The SMILES string of the molecule is C1=C(N2CCCC2)C2CCC(C1)C2. The number of hydrogen-bond acceptors (Lipinski definition) is 1. The molecule has 2 fully saturated rings. The molecule has 0 spiro atoms. The molecule has 1 heteroatoms. The van der Waals surface area contributed by atoms with E-state index in [2.05, 4.69) is 11.0 Å². The first kappa shape index (κ1) is 7.90. The Kier molecular flexibility index (Phi) is 1.85. The van der Waals surface area contributed by atoms with Gasteiger partial charge in [-0.25, -0.2) is 0 Å². The Bertz CT molecular complexity index is 225. The third-order valence-electron chi connectivity index (χ3n) is 4.09. The quantitative estimate of drug-likeness (QED) is 0.595. The van der Waals surface area contributed by atoms with E-state index in [1.165, 1.54) is 51.6 Å². The summed E-state index contributed by atoms with van der Waals surface area (Å²) in [6.45, 7) is 2.68. The van der Waals surface area contributed by atoms with Gasteiger partial charge in [0.2, 0.25) is 0 Å². The molecule has 2 unspecified atom stereocenters. The van der Waals surface area contributed by atoms with Crippen LogP contribution in [0.2, 0.25) is 0 Å². The number of likely N-dealkylation sites (tertiary alicyclic amines) is 1. The van der Waals surface area contributed by atoms with Crippen LogP contribution in [0.1, 0.15) is 38.5 Å². The van der Waals surface area contributed by atoms with Crippen molar-refractivity contribution < 1.29 is 0 Å². The molecular formula is C12H19N. The summed E-state index contributed by atoms with van der Waals surface area (Å²) in [6.07, 6.45) is 11.3. The third kappa shape index (κ3) is 1.29. The molecule has 72 valence electrons. The van der Waals surface area contributed by atoms with Crippen molar-refractivity contribution in [3.63, 3.8) is 0 Å². The Hall–Kier alpha value is -0.460. The molecule has 0 aromatic rings. The van der Waals surface area contributed by atoms with E-state index in [-0.39, 0.29) is 0 Å². The zero-order chi connectivity index (χ0) is 8.67. The number of fused-ring (bicyclic) bond motifs is 2. The molecule has 1 nitrogen and oxygen atoms in total. The molecule has 3 aliphatic rings. The Morgan fingerprint density at radius 2 is 2.00 bits per heavy atom. The van der Waals surface area contributed by atoms with Crippen LogP contribution in [0, 0.1) is 11.8 Å². The van der Waals surface area contributed by atoms with Gasteiger partial charge in [0.1, 0.15) is 0 Å². The van der Waals surface area contributed by atoms with Crippen molar-refractivity contribution in [2.75, 3.05) is 13.1 Å². The smallest absolute Gasteiger partial charge is 0.0175 e. The van der Waals surface area contributed by atoms with Crippen molar-refractivity contribution in [3.8, 4) is 0 Å². The van der Waals surface area contributed by atoms with Gasteiger partial charge < -0.3 is 4.90 Å². The summed E-state index contributed by atoms with van der Waals surface area (Å²) in [5, 5.41) is 0. The second kappa shape index (κ2) is 3.04. The second-order valence-electron chi connectivity index (χ2n) is 4.93. The van der Waals surface area contributed by atoms with E-state index >= 15 is 0 Å². The van der Waals surface area contributed by atoms with Crippen LogP contribution in [0.25, 0.3) is 0 Å². The van der Waals surface area contributed by atoms with Gasteiger partial charge in [-0.3, -0.25) is 0 Å². The summed E-state index contributed by atoms with van der Waals surface area (Å²) in [5.41, 5.74) is 1.73. The molecule has 2 aliphatic carbocycles. The summed E-state index contributed by atoms with van der Waals surface area (Å²) < 4.78 is 0. The van der Waals surface area contributed by atoms with Crippen molar-refractivity contribution in [1.82, 2.24) is 4.90 Å². The van der Waals surface area contributed by atoms with Crippen molar-refractivity contribution in [1.29, 1.82) is 0 Å². The van der Waals surface area contributed by atoms with Crippen LogP contribution < -0.4 is 0 Å². The van der Waals surface area contributed by atoms with Crippen LogP contribution in [0.4, 0.5) is 0 Å². The third-order valence-corrected chi connectivity index (χ3v) is 4.09. The van der Waals surface area contributed by atoms with Gasteiger partial charge in [0.25, 0.3) is 0 Å². The van der Waals surface area contributed by atoms with E-state index in [4.69, 9.17) is 0 Å². The van der Waals surface area contributed by atoms with Crippen molar-refractivity contribution in [2.45, 2.75) is 38.5 Å². The maximum absolute atomic E-state index is 2.66. The van der Waals surface area contributed by atoms with Crippen LogP contribution in [0.15, 0.2) is 11.8 Å². The van der Waals surface area contributed by atoms with Crippen LogP contribution in [-0.2, 0) is 0 Å². The summed E-state index contributed by atoms with van der Waals surface area (Å²) in [7, 11) is 0. The first-order valence-electron chi connectivity index (χ1n) is 5.88. The number of allylic oxidation sites excluding steroid dienone is 2. The number of rotatable bonds is 1. The molecule has 0 radical (unpaired) electrons. The lowest BCUT2D eigenvalue weighted by molar-refractivity contribution is 0.341. The fourth-order valence-electron chi connectivity index (χ4n) is 3.37. The van der Waals surface area contributed by atoms with Gasteiger partial charge in [0.15, 0.2) is 0 Å². The van der Waals surface area contributed by atoms with Gasteiger partial charge in [0.05, 0.1) is 0 Å². The molecule has 0 aromatic heterocycles. The molecule has 0 N–H and O–H groups in total. The lowest BCUT2D eigenvalue weighted by atomic mass is 9.92. The molecule has 2 bridgehead atoms. The van der Waals surface area contributed by atoms with Crippen molar-refractivity contribution in [3.05, 3.63) is 11.8 Å². The van der Waals surface area contributed by atoms with Crippen LogP contribution in [0.5, 0.6) is 0 Å². The highest BCUT2D eigenvalue weighted by Gasteiger charge is 2.33. The summed E-state index contributed by atoms with van der Waals surface area (Å²) in [4.78, 5) is 2.66. The maximum atomic E-state index is 2.66. The Labute approximate surface area is 80.8 Å². The van der Waals surface area contributed by atoms with Crippen molar-refractivity contribution in [2.24, 2.45) is 11.8 Å². The molecule has 1 aliphatic heterocycles. The minimum absolute atomic E-state index is 0.955. The summed E-state index contributed by atoms with van der Waals surface area (Å²) in [6, 6.07) is 0. The lowest BCUT2D eigenvalue weighted by Crippen LogP contribution is -2.25. The fraction of sp³-hybridized carbons (Fsp3) is 0.833. The number of hydrogen-bond donors (Lipinski definition) is 0. The van der Waals surface area contributed by atoms with E-state index in [9.17, 15) is 0 Å². The highest BCUT2D eigenvalue weighted by Crippen LogP contribution is 2.43. The topological polar surface area (TPSA) is 3.24 Å². The first-order chi connectivity index (χ1) is 6.43. The standard InChI is InChI=1S/C12H19N/c1-2-8-13(7-1)12-6-4-10-3-5-11(12)9-10/h6,10-11H,1-5,7-9H2. The normalized spacial score (nSPS) is 38.2. The fourth-order valence-corrected chi connectivity index (χ4v) is 3.37. The van der Waals surface area contributed by atoms with Crippen LogP contribution in [-0.4, -0.2) is 18.0 Å². The molecular weight excluding hydrogens is 158 g/mol. The predicted molar refractivity (Wildman–Crippen MR) is 54.3 cm³/mol. The van der Waals surface area contributed by atoms with Gasteiger partial charge in [-0.1, -0.05) is 6.08 Å². The van der Waals surface area contributed by atoms with E-state index in [1.807, 2.05) is 0 Å². The van der Waals surface area contributed by atoms with Gasteiger partial charge in [-0.05, 0) is 50.4 Å². The van der Waals surface area contributed by atoms with Gasteiger partial charge >= 0.3 is 0 Å². The van der Waals surface area contributed by atoms with E-state index in [0.29, 0.717) is 0 Å². The molecule has 1 saturated carbocycles. The van der Waals surface area contributed by atoms with E-state index < -0.39 is 0 Å². The minimum atomic E-state index is 0.955. The Balaban J connectivity index is 1.78. The minimum Gasteiger partial charge on any atom is -0.375 e. The monoisotopic (exact) mass is 177 g/mol. The zero-order valence-electron chi connectivity index (χ0n) is 8.34. The lowest BCUT2D eigenvalue weighted by Gasteiger charge is -2.29. The summed E-state index contributed by atoms with van der Waals surface area (Å²) >= 11 is 0. The molecule has 3 rings (SSSR count). The number of nitrogens with zero attached hydrogens (tertiary/aromatic N) is 1. The molecule has 0 amide bonds. The van der Waals surface area contributed by atoms with Gasteiger partial charge in [0, 0.05) is 18.8 Å². The first-order valence-corrected chi connectivity index (χ1v) is 5.88. The van der Waals surface area contributed by atoms with Gasteiger partial charge in [-0.2, -0.15) is 0 Å². The summed E-state index contributed by atoms with van der Waals surface area (Å²) in [5.74, 6) is 2.01. The predicted octanol–water partition coefficient (Wildman–Crippen LogP) is 2.79. The maximum Gasteiger partial charge on any atom is 0.0175 e. The van der Waals surface area contributed by atoms with Crippen LogP contribution in [0.3, 0.4) is 0 Å². The van der Waals surface area contributed by atoms with Crippen molar-refractivity contribution >= 4 is 0 Å². The molecule has 1 saturated heterocycles.